The minimum absolute atomic E-state index is 0.0754. The van der Waals surface area contributed by atoms with Gasteiger partial charge in [-0.1, -0.05) is 19.8 Å². The van der Waals surface area contributed by atoms with Gasteiger partial charge in [0.05, 0.1) is 0 Å². The molecule has 0 aromatic carbocycles. The van der Waals surface area contributed by atoms with Crippen LogP contribution in [-0.4, -0.2) is 5.78 Å². The molecule has 0 aromatic heterocycles. The van der Waals surface area contributed by atoms with E-state index < -0.39 is 0 Å². The van der Waals surface area contributed by atoms with Gasteiger partial charge in [0.1, 0.15) is 5.78 Å². The van der Waals surface area contributed by atoms with E-state index >= 15 is 0 Å². The summed E-state index contributed by atoms with van der Waals surface area (Å²) in [6.07, 6.45) is 6.86. The zero-order valence-corrected chi connectivity index (χ0v) is 18.7. The second-order valence-electron chi connectivity index (χ2n) is 5.67. The fraction of sp³-hybridized carbons (Fsp3) is 0.182. The topological polar surface area (TPSA) is 17.1 Å². The van der Waals surface area contributed by atoms with Crippen LogP contribution in [0.3, 0.4) is 0 Å². The lowest BCUT2D eigenvalue weighted by Crippen LogP contribution is -2.05. The first-order chi connectivity index (χ1) is 16.7. The zero-order valence-electron chi connectivity index (χ0n) is 18.7. The lowest BCUT2D eigenvalue weighted by Gasteiger charge is -2.00. The molecule has 0 aliphatic carbocycles. The van der Waals surface area contributed by atoms with E-state index in [4.69, 9.17) is 6.42 Å². The molecule has 0 aliphatic rings. The van der Waals surface area contributed by atoms with Gasteiger partial charge in [0.15, 0.2) is 0 Å². The van der Waals surface area contributed by atoms with Crippen LogP contribution in [0.1, 0.15) is 33.1 Å². The van der Waals surface area contributed by atoms with Gasteiger partial charge in [0, 0.05) is 66.1 Å². The van der Waals surface area contributed by atoms with Crippen molar-refractivity contribution < 1.29 is 4.79 Å². The number of carbonyl (C=O) groups is 1. The summed E-state index contributed by atoms with van der Waals surface area (Å²) in [5.74, 6) is 62.9. The third-order valence-electron chi connectivity index (χ3n) is 2.90. The molecule has 1 heteroatoms. The minimum atomic E-state index is 0.0754. The molecule has 0 atom stereocenters. The van der Waals surface area contributed by atoms with Crippen LogP contribution < -0.4 is 0 Å². The highest BCUT2D eigenvalue weighted by Crippen LogP contribution is 2.03. The van der Waals surface area contributed by atoms with Gasteiger partial charge < -0.3 is 0 Å². The van der Waals surface area contributed by atoms with Gasteiger partial charge in [-0.2, -0.15) is 0 Å². The van der Waals surface area contributed by atoms with Gasteiger partial charge >= 0.3 is 0 Å². The third-order valence-corrected chi connectivity index (χ3v) is 2.90. The Bertz CT molecular complexity index is 1580. The molecule has 34 heavy (non-hydrogen) atoms. The van der Waals surface area contributed by atoms with E-state index in [0.29, 0.717) is 12.8 Å². The van der Waals surface area contributed by atoms with E-state index in [9.17, 15) is 4.79 Å². The minimum Gasteiger partial charge on any atom is -0.299 e. The molecule has 0 aromatic rings. The summed E-state index contributed by atoms with van der Waals surface area (Å²) in [7, 11) is 0. The van der Waals surface area contributed by atoms with Crippen molar-refractivity contribution in [2.45, 2.75) is 33.1 Å². The van der Waals surface area contributed by atoms with Crippen LogP contribution in [-0.2, 0) is 4.79 Å². The average Bonchev–Trinajstić information content (AvgIpc) is 2.83. The molecule has 0 heterocycles. The first-order valence-corrected chi connectivity index (χ1v) is 9.64. The van der Waals surface area contributed by atoms with Gasteiger partial charge in [-0.15, -0.1) is 6.42 Å². The second kappa shape index (κ2) is 23.2. The number of rotatable bonds is 4. The Morgan fingerprint density at radius 1 is 0.529 bits per heavy atom. The molecule has 0 amide bonds. The normalized spacial score (nSPS) is 5.59. The molecule has 0 radical (unpaired) electrons. The Morgan fingerprint density at radius 2 is 0.824 bits per heavy atom. The smallest absolute Gasteiger partial charge is 0.135 e. The average molecular weight is 426 g/mol. The van der Waals surface area contributed by atoms with Crippen LogP contribution in [0, 0.1) is 160 Å². The van der Waals surface area contributed by atoms with E-state index in [0.717, 1.165) is 6.42 Å². The van der Waals surface area contributed by atoms with Crippen molar-refractivity contribution in [1.29, 1.82) is 0 Å². The summed E-state index contributed by atoms with van der Waals surface area (Å²) in [5, 5.41) is 0. The number of terminal acetylenes is 1. The second-order valence-corrected chi connectivity index (χ2v) is 5.67. The number of hydrogen-bond acceptors (Lipinski definition) is 1. The number of ketones is 1. The monoisotopic (exact) mass is 426 g/mol. The van der Waals surface area contributed by atoms with Crippen LogP contribution in [0.5, 0.6) is 0 Å². The SMILES string of the molecule is C#CC#CC#CC#CC#CC#CC#CC#CC#CC#CC#CC#CC#CCCCC(=O)C(C)C. The molecule has 1 nitrogen and oxygen atoms in total. The Kier molecular flexibility index (Phi) is 19.1. The molecule has 0 N–H and O–H groups in total. The van der Waals surface area contributed by atoms with Gasteiger partial charge in [-0.05, 0) is 101 Å². The highest BCUT2D eigenvalue weighted by Gasteiger charge is 2.04. The largest absolute Gasteiger partial charge is 0.299 e. The van der Waals surface area contributed by atoms with Crippen molar-refractivity contribution in [3.63, 3.8) is 0 Å². The van der Waals surface area contributed by atoms with Crippen molar-refractivity contribution in [2.75, 3.05) is 0 Å². The molecule has 0 saturated heterocycles. The van der Waals surface area contributed by atoms with E-state index in [-0.39, 0.29) is 11.7 Å². The van der Waals surface area contributed by atoms with Crippen molar-refractivity contribution in [1.82, 2.24) is 0 Å². The van der Waals surface area contributed by atoms with Crippen LogP contribution in [0.25, 0.3) is 0 Å². The molecule has 0 spiro atoms. The maximum atomic E-state index is 11.4. The van der Waals surface area contributed by atoms with Crippen molar-refractivity contribution in [3.05, 3.63) is 0 Å². The first kappa shape index (κ1) is 27.9. The molecule has 152 valence electrons. The fourth-order valence-corrected chi connectivity index (χ4v) is 1.44. The van der Waals surface area contributed by atoms with Crippen molar-refractivity contribution in [2.24, 2.45) is 5.92 Å². The highest BCUT2D eigenvalue weighted by atomic mass is 16.1. The Balaban J connectivity index is 4.34. The summed E-state index contributed by atoms with van der Waals surface area (Å²) in [4.78, 5) is 11.4. The molecule has 0 saturated carbocycles. The predicted octanol–water partition coefficient (Wildman–Crippen LogP) is 2.06. The maximum absolute atomic E-state index is 11.4. The number of unbranched alkanes of at least 4 members (excludes halogenated alkanes) is 1. The molecular weight excluding hydrogens is 412 g/mol. The highest BCUT2D eigenvalue weighted by molar-refractivity contribution is 5.80. The zero-order chi connectivity index (χ0) is 25.0. The molecule has 0 aliphatic heterocycles. The lowest BCUT2D eigenvalue weighted by atomic mass is 10.0. The summed E-state index contributed by atoms with van der Waals surface area (Å²) in [5.41, 5.74) is 0. The van der Waals surface area contributed by atoms with E-state index in [1.54, 1.807) is 0 Å². The predicted molar refractivity (Wildman–Crippen MR) is 136 cm³/mol. The van der Waals surface area contributed by atoms with Crippen LogP contribution in [0.2, 0.25) is 0 Å². The molecule has 0 fully saturated rings. The molecule has 0 rings (SSSR count). The Morgan fingerprint density at radius 3 is 1.12 bits per heavy atom. The summed E-state index contributed by atoms with van der Waals surface area (Å²) < 4.78 is 0. The third kappa shape index (κ3) is 22.2. The summed E-state index contributed by atoms with van der Waals surface area (Å²) in [6.45, 7) is 3.79. The summed E-state index contributed by atoms with van der Waals surface area (Å²) >= 11 is 0. The van der Waals surface area contributed by atoms with Crippen molar-refractivity contribution >= 4 is 5.78 Å². The van der Waals surface area contributed by atoms with E-state index in [1.807, 2.05) is 13.8 Å². The van der Waals surface area contributed by atoms with Crippen LogP contribution in [0.4, 0.5) is 0 Å². The van der Waals surface area contributed by atoms with Crippen LogP contribution in [0.15, 0.2) is 0 Å². The first-order valence-electron chi connectivity index (χ1n) is 9.64. The maximum Gasteiger partial charge on any atom is 0.135 e. The van der Waals surface area contributed by atoms with Crippen molar-refractivity contribution in [3.8, 4) is 154 Å². The Hall–Kier alpha value is -6.05. The standard InChI is InChI=1S/C33H14O/c1-4-5-6-7-8-9-10-11-12-13-14-15-16-17-18-19-20-21-22-23-24-25-26-27-28-29-30-31-33(34)32(2)3/h1,32H,29-31H2,2-3H3. The van der Waals surface area contributed by atoms with Gasteiger partial charge in [-0.25, -0.2) is 0 Å². The van der Waals surface area contributed by atoms with E-state index in [1.165, 1.54) is 0 Å². The fourth-order valence-electron chi connectivity index (χ4n) is 1.44. The molecular formula is C33H14O. The quantitative estimate of drug-likeness (QED) is 0.497. The van der Waals surface area contributed by atoms with Crippen LogP contribution >= 0.6 is 0 Å². The summed E-state index contributed by atoms with van der Waals surface area (Å²) in [6, 6.07) is 0. The van der Waals surface area contributed by atoms with Gasteiger partial charge in [0.25, 0.3) is 0 Å². The molecule has 0 bridgehead atoms. The molecule has 0 unspecified atom stereocenters. The number of Topliss-reactive ketones (excluding diaryl/α,β-unsaturated/α-hetero) is 1. The van der Waals surface area contributed by atoms with Gasteiger partial charge in [-0.3, -0.25) is 4.79 Å². The number of hydrogen-bond donors (Lipinski definition) is 0. The number of carbonyl (C=O) groups excluding carboxylic acids is 1. The van der Waals surface area contributed by atoms with E-state index in [2.05, 4.69) is 148 Å². The van der Waals surface area contributed by atoms with Gasteiger partial charge in [0.2, 0.25) is 0 Å². The Labute approximate surface area is 204 Å². The lowest BCUT2D eigenvalue weighted by molar-refractivity contribution is -0.121.